The number of likely N-dealkylation sites (tertiary alicyclic amines) is 1. The molecule has 1 aliphatic heterocycles. The Bertz CT molecular complexity index is 748. The van der Waals surface area contributed by atoms with Crippen LogP contribution in [0.2, 0.25) is 0 Å². The lowest BCUT2D eigenvalue weighted by Crippen LogP contribution is -2.52. The monoisotopic (exact) mass is 492 g/mol. The van der Waals surface area contributed by atoms with Crippen LogP contribution in [0.4, 0.5) is 0 Å². The summed E-state index contributed by atoms with van der Waals surface area (Å²) in [6.45, 7) is 24.0. The number of esters is 1. The second-order valence-corrected chi connectivity index (χ2v) is 12.1. The van der Waals surface area contributed by atoms with Gasteiger partial charge in [-0.05, 0) is 79.7 Å². The minimum Gasteiger partial charge on any atom is -0.459 e. The van der Waals surface area contributed by atoms with Gasteiger partial charge in [0.15, 0.2) is 0 Å². The molecule has 1 heterocycles. The zero-order valence-corrected chi connectivity index (χ0v) is 24.3. The average Bonchev–Trinajstić information content (AvgIpc) is 2.73. The van der Waals surface area contributed by atoms with E-state index in [-0.39, 0.29) is 36.1 Å². The number of allylic oxidation sites excluding steroid dienone is 3. The van der Waals surface area contributed by atoms with Gasteiger partial charge in [0.2, 0.25) is 0 Å². The third-order valence-electron chi connectivity index (χ3n) is 6.19. The van der Waals surface area contributed by atoms with Crippen LogP contribution >= 0.6 is 0 Å². The molecular weight excluding hydrogens is 440 g/mol. The summed E-state index contributed by atoms with van der Waals surface area (Å²) >= 11 is 0. The van der Waals surface area contributed by atoms with E-state index in [4.69, 9.17) is 9.47 Å². The molecule has 6 heteroatoms. The Balaban J connectivity index is 2.86. The van der Waals surface area contributed by atoms with E-state index in [1.54, 1.807) is 0 Å². The summed E-state index contributed by atoms with van der Waals surface area (Å²) in [5.41, 5.74) is 1.48. The van der Waals surface area contributed by atoms with Crippen LogP contribution in [-0.2, 0) is 19.1 Å². The lowest BCUT2D eigenvalue weighted by atomic mass is 9.88. The third-order valence-corrected chi connectivity index (χ3v) is 6.19. The van der Waals surface area contributed by atoms with Gasteiger partial charge in [0.25, 0.3) is 0 Å². The lowest BCUT2D eigenvalue weighted by Gasteiger charge is -2.38. The van der Waals surface area contributed by atoms with Crippen molar-refractivity contribution in [2.24, 2.45) is 11.8 Å². The highest BCUT2D eigenvalue weighted by Crippen LogP contribution is 2.25. The lowest BCUT2D eigenvalue weighted by molar-refractivity contribution is -0.161. The first-order chi connectivity index (χ1) is 16.1. The molecule has 0 aliphatic carbocycles. The van der Waals surface area contributed by atoms with Crippen LogP contribution in [0.25, 0.3) is 0 Å². The van der Waals surface area contributed by atoms with Gasteiger partial charge in [0.1, 0.15) is 17.4 Å². The number of Topliss-reactive ketones (excluding diaryl/α,β-unsaturated/α-hetero) is 1. The number of ketones is 1. The molecule has 1 saturated heterocycles. The molecule has 0 aromatic heterocycles. The van der Waals surface area contributed by atoms with Gasteiger partial charge in [-0.3, -0.25) is 14.9 Å². The van der Waals surface area contributed by atoms with E-state index in [1.165, 1.54) is 5.70 Å². The Morgan fingerprint density at radius 2 is 1.63 bits per heavy atom. The van der Waals surface area contributed by atoms with Crippen molar-refractivity contribution < 1.29 is 19.1 Å². The number of nitrogens with zero attached hydrogens (tertiary/aromatic N) is 1. The number of rotatable bonds is 11. The number of piperidine rings is 1. The fraction of sp³-hybridized carbons (Fsp3) is 0.793. The molecule has 0 bridgehead atoms. The number of hydrogen-bond donors (Lipinski definition) is 1. The van der Waals surface area contributed by atoms with Gasteiger partial charge in [-0.1, -0.05) is 32.9 Å². The molecule has 0 aromatic rings. The van der Waals surface area contributed by atoms with Gasteiger partial charge in [-0.25, -0.2) is 0 Å². The van der Waals surface area contributed by atoms with E-state index >= 15 is 0 Å². The molecule has 0 radical (unpaired) electrons. The van der Waals surface area contributed by atoms with Crippen molar-refractivity contribution in [3.8, 4) is 0 Å². The zero-order chi connectivity index (χ0) is 27.0. The molecule has 1 rings (SSSR count). The Morgan fingerprint density at radius 3 is 2.06 bits per heavy atom. The topological polar surface area (TPSA) is 67.9 Å². The molecule has 0 amide bonds. The van der Waals surface area contributed by atoms with E-state index in [0.29, 0.717) is 12.2 Å². The number of ether oxygens (including phenoxy) is 2. The maximum atomic E-state index is 12.9. The predicted octanol–water partition coefficient (Wildman–Crippen LogP) is 5.67. The molecule has 2 unspecified atom stereocenters. The largest absolute Gasteiger partial charge is 0.459 e. The van der Waals surface area contributed by atoms with E-state index in [0.717, 1.165) is 31.5 Å². The minimum absolute atomic E-state index is 0.0495. The van der Waals surface area contributed by atoms with Gasteiger partial charge in [0.05, 0.1) is 12.2 Å². The van der Waals surface area contributed by atoms with Gasteiger partial charge >= 0.3 is 5.97 Å². The maximum absolute atomic E-state index is 12.9. The summed E-state index contributed by atoms with van der Waals surface area (Å²) in [5.74, 6) is 0.262. The highest BCUT2D eigenvalue weighted by atomic mass is 16.6. The Hall–Kier alpha value is -1.66. The molecule has 35 heavy (non-hydrogen) atoms. The highest BCUT2D eigenvalue weighted by molar-refractivity contribution is 5.82. The molecule has 0 aromatic carbocycles. The van der Waals surface area contributed by atoms with Crippen molar-refractivity contribution in [3.05, 3.63) is 23.4 Å². The molecule has 0 saturated carbocycles. The molecule has 6 nitrogen and oxygen atoms in total. The van der Waals surface area contributed by atoms with Crippen LogP contribution in [0.1, 0.15) is 95.4 Å². The van der Waals surface area contributed by atoms with Crippen molar-refractivity contribution in [2.75, 3.05) is 19.7 Å². The smallest absolute Gasteiger partial charge is 0.326 e. The van der Waals surface area contributed by atoms with Crippen LogP contribution in [0.15, 0.2) is 23.4 Å². The van der Waals surface area contributed by atoms with E-state index < -0.39 is 11.6 Å². The number of hydrogen-bond acceptors (Lipinski definition) is 6. The first kappa shape index (κ1) is 31.4. The van der Waals surface area contributed by atoms with Gasteiger partial charge in [-0.2, -0.15) is 0 Å². The standard InChI is InChI=1S/C29H52N2O4/c1-12-25(21(5)18-23(20(3)4)26(32)13-2)31-16-14-22(15-17-31)30-24(19-34-28(6,7)8)27(33)35-29(9,10)11/h12,18,20,22-24,30H,13-17,19H2,1-11H3/b21-18+,25-12?. The van der Waals surface area contributed by atoms with Gasteiger partial charge < -0.3 is 14.4 Å². The van der Waals surface area contributed by atoms with Crippen molar-refractivity contribution >= 4 is 11.8 Å². The van der Waals surface area contributed by atoms with Crippen LogP contribution in [-0.4, -0.2) is 59.6 Å². The second kappa shape index (κ2) is 13.6. The quantitative estimate of drug-likeness (QED) is 0.296. The van der Waals surface area contributed by atoms with Crippen molar-refractivity contribution in [2.45, 2.75) is 119 Å². The Morgan fingerprint density at radius 1 is 1.06 bits per heavy atom. The van der Waals surface area contributed by atoms with Crippen molar-refractivity contribution in [3.63, 3.8) is 0 Å². The fourth-order valence-corrected chi connectivity index (χ4v) is 4.37. The van der Waals surface area contributed by atoms with Gasteiger partial charge in [-0.15, -0.1) is 0 Å². The van der Waals surface area contributed by atoms with Gasteiger partial charge in [0, 0.05) is 37.2 Å². The zero-order valence-electron chi connectivity index (χ0n) is 24.3. The maximum Gasteiger partial charge on any atom is 0.326 e. The molecule has 1 N–H and O–H groups in total. The molecule has 202 valence electrons. The third kappa shape index (κ3) is 11.3. The normalized spacial score (nSPS) is 18.6. The summed E-state index contributed by atoms with van der Waals surface area (Å²) < 4.78 is 11.6. The van der Waals surface area contributed by atoms with Crippen LogP contribution < -0.4 is 5.32 Å². The number of carbonyl (C=O) groups is 2. The summed E-state index contributed by atoms with van der Waals surface area (Å²) in [4.78, 5) is 27.7. The molecule has 0 spiro atoms. The Labute approximate surface area is 214 Å². The number of nitrogens with one attached hydrogen (secondary N) is 1. The summed E-state index contributed by atoms with van der Waals surface area (Å²) in [7, 11) is 0. The average molecular weight is 493 g/mol. The molecule has 2 atom stereocenters. The summed E-state index contributed by atoms with van der Waals surface area (Å²) in [6, 6.07) is -0.292. The second-order valence-electron chi connectivity index (χ2n) is 12.1. The molecular formula is C29H52N2O4. The Kier molecular flexibility index (Phi) is 12.2. The summed E-state index contributed by atoms with van der Waals surface area (Å²) in [6.07, 6.45) is 6.70. The van der Waals surface area contributed by atoms with Crippen LogP contribution in [0.5, 0.6) is 0 Å². The first-order valence-electron chi connectivity index (χ1n) is 13.3. The van der Waals surface area contributed by atoms with Crippen molar-refractivity contribution in [1.82, 2.24) is 10.2 Å². The highest BCUT2D eigenvalue weighted by Gasteiger charge is 2.31. The first-order valence-corrected chi connectivity index (χ1v) is 13.3. The summed E-state index contributed by atoms with van der Waals surface area (Å²) in [5, 5.41) is 3.52. The fourth-order valence-electron chi connectivity index (χ4n) is 4.37. The van der Waals surface area contributed by atoms with E-state index in [1.807, 2.05) is 48.5 Å². The van der Waals surface area contributed by atoms with Crippen LogP contribution in [0.3, 0.4) is 0 Å². The van der Waals surface area contributed by atoms with Crippen LogP contribution in [0, 0.1) is 11.8 Å². The van der Waals surface area contributed by atoms with Crippen molar-refractivity contribution in [1.29, 1.82) is 0 Å². The molecule has 1 aliphatic rings. The van der Waals surface area contributed by atoms with E-state index in [9.17, 15) is 9.59 Å². The SMILES string of the molecule is CC=C(/C(C)=C/C(C(=O)CC)C(C)C)N1CCC(NC(COC(C)(C)C)C(=O)OC(C)(C)C)CC1. The predicted molar refractivity (Wildman–Crippen MR) is 144 cm³/mol. The van der Waals surface area contributed by atoms with E-state index in [2.05, 4.69) is 50.1 Å². The minimum atomic E-state index is -0.542. The molecule has 1 fully saturated rings. The number of carbonyl (C=O) groups excluding carboxylic acids is 2.